The fourth-order valence-corrected chi connectivity index (χ4v) is 2.45. The van der Waals surface area contributed by atoms with Crippen LogP contribution in [0.3, 0.4) is 0 Å². The van der Waals surface area contributed by atoms with Crippen LogP contribution in [-0.4, -0.2) is 49.7 Å². The van der Waals surface area contributed by atoms with Crippen molar-refractivity contribution in [3.63, 3.8) is 0 Å². The van der Waals surface area contributed by atoms with Gasteiger partial charge in [0.15, 0.2) is 0 Å². The number of hydrogen-bond donors (Lipinski definition) is 1. The Morgan fingerprint density at radius 1 is 1.29 bits per heavy atom. The summed E-state index contributed by atoms with van der Waals surface area (Å²) in [7, 11) is 1.74. The second kappa shape index (κ2) is 7.67. The molecule has 0 aromatic heterocycles. The Balaban J connectivity index is 2.38. The summed E-state index contributed by atoms with van der Waals surface area (Å²) in [6.07, 6.45) is 4.70. The molecule has 0 unspecified atom stereocenters. The molecule has 1 fully saturated rings. The Morgan fingerprint density at radius 3 is 2.53 bits per heavy atom. The predicted molar refractivity (Wildman–Crippen MR) is 69.0 cm³/mol. The van der Waals surface area contributed by atoms with Crippen LogP contribution in [-0.2, 0) is 9.53 Å². The first-order valence-electron chi connectivity index (χ1n) is 6.75. The van der Waals surface area contributed by atoms with E-state index in [1.54, 1.807) is 7.11 Å². The third kappa shape index (κ3) is 4.64. The first-order valence-corrected chi connectivity index (χ1v) is 6.75. The lowest BCUT2D eigenvalue weighted by molar-refractivity contribution is -0.124. The highest BCUT2D eigenvalue weighted by atomic mass is 16.5. The third-order valence-electron chi connectivity index (χ3n) is 3.61. The molecule has 0 radical (unpaired) electrons. The molecule has 1 rings (SSSR count). The number of methoxy groups -OCH3 is 1. The number of carbonyl (C=O) groups excluding carboxylic acids is 1. The van der Waals surface area contributed by atoms with Crippen molar-refractivity contribution < 1.29 is 9.53 Å². The van der Waals surface area contributed by atoms with E-state index in [9.17, 15) is 4.79 Å². The van der Waals surface area contributed by atoms with Crippen LogP contribution in [0.2, 0.25) is 0 Å². The normalized spacial score (nSPS) is 24.9. The van der Waals surface area contributed by atoms with Gasteiger partial charge in [0.05, 0.1) is 18.7 Å². The molecule has 0 aromatic carbocycles. The Kier molecular flexibility index (Phi) is 6.52. The molecule has 4 nitrogen and oxygen atoms in total. The number of nitrogens with zero attached hydrogens (tertiary/aromatic N) is 1. The predicted octanol–water partition coefficient (Wildman–Crippen LogP) is 1.40. The van der Waals surface area contributed by atoms with Gasteiger partial charge in [-0.15, -0.1) is 0 Å². The van der Waals surface area contributed by atoms with E-state index >= 15 is 0 Å². The summed E-state index contributed by atoms with van der Waals surface area (Å²) < 4.78 is 5.43. The van der Waals surface area contributed by atoms with Gasteiger partial charge in [0.25, 0.3) is 0 Å². The maximum Gasteiger partial charge on any atom is 0.234 e. The summed E-state index contributed by atoms with van der Waals surface area (Å²) in [6.45, 7) is 6.50. The average molecular weight is 242 g/mol. The smallest absolute Gasteiger partial charge is 0.234 e. The van der Waals surface area contributed by atoms with Crippen molar-refractivity contribution in [1.82, 2.24) is 10.2 Å². The quantitative estimate of drug-likeness (QED) is 0.765. The molecule has 1 amide bonds. The van der Waals surface area contributed by atoms with E-state index in [2.05, 4.69) is 24.1 Å². The van der Waals surface area contributed by atoms with Crippen LogP contribution < -0.4 is 5.32 Å². The highest BCUT2D eigenvalue weighted by Crippen LogP contribution is 2.20. The minimum absolute atomic E-state index is 0.127. The van der Waals surface area contributed by atoms with Gasteiger partial charge in [0.1, 0.15) is 0 Å². The zero-order chi connectivity index (χ0) is 12.7. The van der Waals surface area contributed by atoms with Crippen LogP contribution in [0, 0.1) is 0 Å². The summed E-state index contributed by atoms with van der Waals surface area (Å²) in [4.78, 5) is 14.0. The third-order valence-corrected chi connectivity index (χ3v) is 3.61. The molecule has 1 saturated carbocycles. The van der Waals surface area contributed by atoms with Crippen LogP contribution in [0.15, 0.2) is 0 Å². The topological polar surface area (TPSA) is 41.6 Å². The minimum atomic E-state index is 0.127. The number of amides is 1. The highest BCUT2D eigenvalue weighted by Gasteiger charge is 2.26. The molecule has 2 atom stereocenters. The lowest BCUT2D eigenvalue weighted by Crippen LogP contribution is -2.49. The Morgan fingerprint density at radius 2 is 1.94 bits per heavy atom. The molecule has 0 bridgehead atoms. The van der Waals surface area contributed by atoms with Crippen molar-refractivity contribution in [1.29, 1.82) is 0 Å². The van der Waals surface area contributed by atoms with Gasteiger partial charge >= 0.3 is 0 Å². The van der Waals surface area contributed by atoms with Crippen molar-refractivity contribution in [2.75, 3.05) is 26.7 Å². The summed E-state index contributed by atoms with van der Waals surface area (Å²) in [6, 6.07) is 0.205. The lowest BCUT2D eigenvalue weighted by atomic mass is 9.92. The highest BCUT2D eigenvalue weighted by molar-refractivity contribution is 5.78. The van der Waals surface area contributed by atoms with Gasteiger partial charge in [-0.1, -0.05) is 26.7 Å². The van der Waals surface area contributed by atoms with Gasteiger partial charge in [0.2, 0.25) is 5.91 Å². The summed E-state index contributed by atoms with van der Waals surface area (Å²) >= 11 is 0. The van der Waals surface area contributed by atoms with Crippen LogP contribution in [0.4, 0.5) is 0 Å². The molecule has 4 heteroatoms. The summed E-state index contributed by atoms with van der Waals surface area (Å²) in [5.74, 6) is 0.127. The monoisotopic (exact) mass is 242 g/mol. The van der Waals surface area contributed by atoms with Gasteiger partial charge in [-0.05, 0) is 25.9 Å². The maximum atomic E-state index is 11.9. The lowest BCUT2D eigenvalue weighted by Gasteiger charge is -2.31. The number of carbonyl (C=O) groups is 1. The van der Waals surface area contributed by atoms with Crippen molar-refractivity contribution in [2.24, 2.45) is 0 Å². The molecule has 100 valence electrons. The molecule has 1 aliphatic rings. The zero-order valence-electron chi connectivity index (χ0n) is 11.4. The van der Waals surface area contributed by atoms with E-state index in [-0.39, 0.29) is 18.1 Å². The maximum absolute atomic E-state index is 11.9. The minimum Gasteiger partial charge on any atom is -0.379 e. The first-order chi connectivity index (χ1) is 8.21. The van der Waals surface area contributed by atoms with Crippen molar-refractivity contribution in [3.8, 4) is 0 Å². The Bertz CT molecular complexity index is 229. The molecular formula is C13H26N2O2. The fraction of sp³-hybridized carbons (Fsp3) is 0.923. The van der Waals surface area contributed by atoms with E-state index in [4.69, 9.17) is 4.74 Å². The van der Waals surface area contributed by atoms with E-state index in [1.165, 1.54) is 12.8 Å². The van der Waals surface area contributed by atoms with Crippen molar-refractivity contribution in [2.45, 2.75) is 51.7 Å². The van der Waals surface area contributed by atoms with Gasteiger partial charge in [-0.2, -0.15) is 0 Å². The number of hydrogen-bond acceptors (Lipinski definition) is 3. The van der Waals surface area contributed by atoms with Crippen molar-refractivity contribution in [3.05, 3.63) is 0 Å². The number of likely N-dealkylation sites (N-methyl/N-ethyl adjacent to an activating group) is 1. The summed E-state index contributed by atoms with van der Waals surface area (Å²) in [5, 5.41) is 3.11. The van der Waals surface area contributed by atoms with Gasteiger partial charge in [0, 0.05) is 7.11 Å². The van der Waals surface area contributed by atoms with Gasteiger partial charge in [-0.25, -0.2) is 0 Å². The Hall–Kier alpha value is -0.610. The van der Waals surface area contributed by atoms with Crippen LogP contribution in [0.1, 0.15) is 39.5 Å². The van der Waals surface area contributed by atoms with Gasteiger partial charge < -0.3 is 10.1 Å². The fourth-order valence-electron chi connectivity index (χ4n) is 2.45. The average Bonchev–Trinajstić information content (AvgIpc) is 2.36. The van der Waals surface area contributed by atoms with E-state index in [0.717, 1.165) is 25.9 Å². The van der Waals surface area contributed by atoms with E-state index < -0.39 is 0 Å². The van der Waals surface area contributed by atoms with Crippen LogP contribution in [0.25, 0.3) is 0 Å². The SMILES string of the molecule is CCN(CC)CC(=O)N[C@H]1CCCC[C@@H]1OC. The molecule has 17 heavy (non-hydrogen) atoms. The second-order valence-corrected chi connectivity index (χ2v) is 4.69. The van der Waals surface area contributed by atoms with Gasteiger partial charge in [-0.3, -0.25) is 9.69 Å². The molecule has 1 aliphatic carbocycles. The molecule has 0 heterocycles. The molecular weight excluding hydrogens is 216 g/mol. The molecule has 1 N–H and O–H groups in total. The number of rotatable bonds is 6. The first kappa shape index (κ1) is 14.5. The molecule has 0 aliphatic heterocycles. The Labute approximate surface area is 105 Å². The standard InChI is InChI=1S/C13H26N2O2/c1-4-15(5-2)10-13(16)14-11-8-6-7-9-12(11)17-3/h11-12H,4-10H2,1-3H3,(H,14,16)/t11-,12-/m0/s1. The molecule has 0 saturated heterocycles. The van der Waals surface area contributed by atoms with Crippen LogP contribution in [0.5, 0.6) is 0 Å². The van der Waals surface area contributed by atoms with Crippen LogP contribution >= 0.6 is 0 Å². The number of ether oxygens (including phenoxy) is 1. The largest absolute Gasteiger partial charge is 0.379 e. The van der Waals surface area contributed by atoms with E-state index in [0.29, 0.717) is 6.54 Å². The van der Waals surface area contributed by atoms with Crippen molar-refractivity contribution >= 4 is 5.91 Å². The van der Waals surface area contributed by atoms with E-state index in [1.807, 2.05) is 0 Å². The second-order valence-electron chi connectivity index (χ2n) is 4.69. The number of nitrogens with one attached hydrogen (secondary N) is 1. The molecule has 0 spiro atoms. The zero-order valence-corrected chi connectivity index (χ0v) is 11.4. The molecule has 0 aromatic rings. The summed E-state index contributed by atoms with van der Waals surface area (Å²) in [5.41, 5.74) is 0.